The summed E-state index contributed by atoms with van der Waals surface area (Å²) in [7, 11) is -3.69. The van der Waals surface area contributed by atoms with Gasteiger partial charge in [-0.2, -0.15) is 0 Å². The van der Waals surface area contributed by atoms with Gasteiger partial charge in [0, 0.05) is 5.69 Å². The van der Waals surface area contributed by atoms with Crippen LogP contribution in [0.15, 0.2) is 23.1 Å². The first-order chi connectivity index (χ1) is 8.22. The summed E-state index contributed by atoms with van der Waals surface area (Å²) in [6.07, 6.45) is 0.593. The van der Waals surface area contributed by atoms with Gasteiger partial charge < -0.3 is 10.8 Å². The molecule has 5 nitrogen and oxygen atoms in total. The molecule has 0 saturated heterocycles. The second-order valence-corrected chi connectivity index (χ2v) is 6.52. The van der Waals surface area contributed by atoms with Crippen LogP contribution in [0, 0.1) is 0 Å². The van der Waals surface area contributed by atoms with E-state index in [1.54, 1.807) is 26.0 Å². The van der Waals surface area contributed by atoms with E-state index in [1.807, 2.05) is 6.92 Å². The van der Waals surface area contributed by atoms with Crippen molar-refractivity contribution in [2.45, 2.75) is 37.6 Å². The quantitative estimate of drug-likeness (QED) is 0.694. The average Bonchev–Trinajstić information content (AvgIpc) is 2.28. The number of aliphatic hydroxyl groups excluding tert-OH is 1. The molecule has 0 saturated carbocycles. The lowest BCUT2D eigenvalue weighted by Crippen LogP contribution is -2.46. The van der Waals surface area contributed by atoms with Crippen LogP contribution in [0.3, 0.4) is 0 Å². The third-order valence-electron chi connectivity index (χ3n) is 2.57. The van der Waals surface area contributed by atoms with Gasteiger partial charge in [-0.1, -0.05) is 13.0 Å². The molecule has 0 atom stereocenters. The van der Waals surface area contributed by atoms with E-state index in [4.69, 9.17) is 10.8 Å². The van der Waals surface area contributed by atoms with Gasteiger partial charge in [0.25, 0.3) is 0 Å². The summed E-state index contributed by atoms with van der Waals surface area (Å²) in [5.41, 5.74) is 5.82. The number of nitrogens with two attached hydrogens (primary N) is 1. The van der Waals surface area contributed by atoms with Gasteiger partial charge in [0.15, 0.2) is 0 Å². The van der Waals surface area contributed by atoms with Crippen LogP contribution < -0.4 is 10.5 Å². The summed E-state index contributed by atoms with van der Waals surface area (Å²) in [5.74, 6) is 0. The number of benzene rings is 1. The molecule has 0 aliphatic carbocycles. The van der Waals surface area contributed by atoms with Crippen molar-refractivity contribution in [1.82, 2.24) is 4.72 Å². The average molecular weight is 272 g/mol. The summed E-state index contributed by atoms with van der Waals surface area (Å²) in [6.45, 7) is 4.82. The number of nitrogen functional groups attached to an aromatic ring is 1. The van der Waals surface area contributed by atoms with Crippen LogP contribution in [0.5, 0.6) is 0 Å². The van der Waals surface area contributed by atoms with Crippen LogP contribution in [-0.4, -0.2) is 25.7 Å². The highest BCUT2D eigenvalue weighted by Crippen LogP contribution is 2.21. The van der Waals surface area contributed by atoms with Gasteiger partial charge >= 0.3 is 0 Å². The Bertz CT molecular complexity index is 524. The maximum absolute atomic E-state index is 12.3. The third kappa shape index (κ3) is 3.44. The normalized spacial score (nSPS) is 12.7. The smallest absolute Gasteiger partial charge is 0.241 e. The summed E-state index contributed by atoms with van der Waals surface area (Å²) in [5, 5.41) is 9.13. The Morgan fingerprint density at radius 1 is 1.39 bits per heavy atom. The molecule has 102 valence electrons. The molecule has 1 aromatic rings. The lowest BCUT2D eigenvalue weighted by molar-refractivity contribution is 0.208. The highest BCUT2D eigenvalue weighted by Gasteiger charge is 2.27. The lowest BCUT2D eigenvalue weighted by Gasteiger charge is -2.24. The minimum absolute atomic E-state index is 0.173. The predicted octanol–water partition coefficient (Wildman–Crippen LogP) is 0.880. The molecule has 0 heterocycles. The number of hydrogen-bond donors (Lipinski definition) is 3. The standard InChI is InChI=1S/C12H20N2O3S/c1-4-9-5-6-10(13)7-11(9)18(16,17)14-12(2,3)8-15/h5-7,14-15H,4,8,13H2,1-3H3. The Balaban J connectivity index is 3.24. The number of hydrogen-bond acceptors (Lipinski definition) is 4. The number of rotatable bonds is 5. The maximum atomic E-state index is 12.3. The summed E-state index contributed by atoms with van der Waals surface area (Å²) >= 11 is 0. The van der Waals surface area contributed by atoms with Gasteiger partial charge in [-0.15, -0.1) is 0 Å². The van der Waals surface area contributed by atoms with Gasteiger partial charge in [-0.05, 0) is 38.0 Å². The van der Waals surface area contributed by atoms with Crippen LogP contribution in [0.4, 0.5) is 5.69 Å². The van der Waals surface area contributed by atoms with Crippen LogP contribution >= 0.6 is 0 Å². The van der Waals surface area contributed by atoms with Crippen LogP contribution in [0.2, 0.25) is 0 Å². The van der Waals surface area contributed by atoms with Crippen molar-refractivity contribution in [3.05, 3.63) is 23.8 Å². The number of nitrogens with one attached hydrogen (secondary N) is 1. The molecular formula is C12H20N2O3S. The van der Waals surface area contributed by atoms with E-state index >= 15 is 0 Å². The van der Waals surface area contributed by atoms with Gasteiger partial charge in [-0.25, -0.2) is 13.1 Å². The van der Waals surface area contributed by atoms with Crippen LogP contribution in [0.25, 0.3) is 0 Å². The van der Waals surface area contributed by atoms with Crippen molar-refractivity contribution in [3.8, 4) is 0 Å². The van der Waals surface area contributed by atoms with E-state index in [9.17, 15) is 8.42 Å². The predicted molar refractivity (Wildman–Crippen MR) is 71.7 cm³/mol. The SMILES string of the molecule is CCc1ccc(N)cc1S(=O)(=O)NC(C)(C)CO. The molecule has 0 radical (unpaired) electrons. The first-order valence-electron chi connectivity index (χ1n) is 5.75. The molecule has 0 aromatic heterocycles. The number of sulfonamides is 1. The van der Waals surface area contributed by atoms with E-state index in [0.29, 0.717) is 17.7 Å². The van der Waals surface area contributed by atoms with Crippen LogP contribution in [0.1, 0.15) is 26.3 Å². The largest absolute Gasteiger partial charge is 0.399 e. The van der Waals surface area contributed by atoms with Gasteiger partial charge in [0.2, 0.25) is 10.0 Å². The molecule has 1 aromatic carbocycles. The topological polar surface area (TPSA) is 92.4 Å². The lowest BCUT2D eigenvalue weighted by atomic mass is 10.1. The van der Waals surface area contributed by atoms with E-state index in [1.165, 1.54) is 6.07 Å². The molecule has 0 aliphatic heterocycles. The molecule has 6 heteroatoms. The second kappa shape index (κ2) is 5.26. The summed E-state index contributed by atoms with van der Waals surface area (Å²) in [4.78, 5) is 0.173. The Morgan fingerprint density at radius 3 is 2.50 bits per heavy atom. The minimum atomic E-state index is -3.69. The third-order valence-corrected chi connectivity index (χ3v) is 4.35. The molecule has 1 rings (SSSR count). The minimum Gasteiger partial charge on any atom is -0.399 e. The van der Waals surface area contributed by atoms with Gasteiger partial charge in [0.1, 0.15) is 0 Å². The van der Waals surface area contributed by atoms with Crippen LogP contribution in [-0.2, 0) is 16.4 Å². The van der Waals surface area contributed by atoms with Crippen molar-refractivity contribution in [2.24, 2.45) is 0 Å². The van der Waals surface area contributed by atoms with Crippen molar-refractivity contribution in [2.75, 3.05) is 12.3 Å². The number of aliphatic hydroxyl groups is 1. The fourth-order valence-electron chi connectivity index (χ4n) is 1.56. The van der Waals surface area contributed by atoms with Gasteiger partial charge in [-0.3, -0.25) is 0 Å². The number of aryl methyl sites for hydroxylation is 1. The fourth-order valence-corrected chi connectivity index (χ4v) is 3.32. The Hall–Kier alpha value is -1.11. The van der Waals surface area contributed by atoms with Crippen molar-refractivity contribution >= 4 is 15.7 Å². The summed E-state index contributed by atoms with van der Waals surface area (Å²) in [6, 6.07) is 4.82. The zero-order valence-electron chi connectivity index (χ0n) is 10.9. The zero-order valence-corrected chi connectivity index (χ0v) is 11.7. The van der Waals surface area contributed by atoms with Crippen molar-refractivity contribution in [3.63, 3.8) is 0 Å². The number of anilines is 1. The maximum Gasteiger partial charge on any atom is 0.241 e. The van der Waals surface area contributed by atoms with E-state index < -0.39 is 15.6 Å². The molecular weight excluding hydrogens is 252 g/mol. The van der Waals surface area contributed by atoms with E-state index in [-0.39, 0.29) is 11.5 Å². The van der Waals surface area contributed by atoms with Crippen molar-refractivity contribution in [1.29, 1.82) is 0 Å². The van der Waals surface area contributed by atoms with E-state index in [0.717, 1.165) is 0 Å². The zero-order chi connectivity index (χ0) is 14.0. The molecule has 0 unspecified atom stereocenters. The highest BCUT2D eigenvalue weighted by molar-refractivity contribution is 7.89. The molecule has 18 heavy (non-hydrogen) atoms. The highest BCUT2D eigenvalue weighted by atomic mass is 32.2. The Morgan fingerprint density at radius 2 is 2.00 bits per heavy atom. The Kier molecular flexibility index (Phi) is 4.37. The molecule has 0 aliphatic rings. The van der Waals surface area contributed by atoms with E-state index in [2.05, 4.69) is 4.72 Å². The van der Waals surface area contributed by atoms with Crippen molar-refractivity contribution < 1.29 is 13.5 Å². The molecule has 0 amide bonds. The molecule has 0 fully saturated rings. The molecule has 0 bridgehead atoms. The van der Waals surface area contributed by atoms with Gasteiger partial charge in [0.05, 0.1) is 17.0 Å². The first-order valence-corrected chi connectivity index (χ1v) is 7.23. The summed E-state index contributed by atoms with van der Waals surface area (Å²) < 4.78 is 27.0. The molecule has 0 spiro atoms. The Labute approximate surface area is 108 Å². The molecule has 4 N–H and O–H groups in total. The fraction of sp³-hybridized carbons (Fsp3) is 0.500. The second-order valence-electron chi connectivity index (χ2n) is 4.87. The first kappa shape index (κ1) is 14.9. The monoisotopic (exact) mass is 272 g/mol.